The van der Waals surface area contributed by atoms with Gasteiger partial charge in [0.1, 0.15) is 0 Å². The molecular weight excluding hydrogens is 335 g/mol. The van der Waals surface area contributed by atoms with Gasteiger partial charge < -0.3 is 15.0 Å². The molecule has 21 heavy (non-hydrogen) atoms. The molecule has 1 unspecified atom stereocenters. The number of nitrogens with zero attached hydrogens (tertiary/aromatic N) is 1. The summed E-state index contributed by atoms with van der Waals surface area (Å²) in [7, 11) is 3.39. The summed E-state index contributed by atoms with van der Waals surface area (Å²) >= 11 is 12.2. The van der Waals surface area contributed by atoms with Gasteiger partial charge in [-0.15, -0.1) is 12.4 Å². The van der Waals surface area contributed by atoms with Crippen LogP contribution in [0.3, 0.4) is 0 Å². The van der Waals surface area contributed by atoms with Crippen LogP contribution < -0.4 is 10.1 Å². The number of likely N-dealkylation sites (N-methyl/N-ethyl adjacent to an activating group) is 1. The second-order valence-electron chi connectivity index (χ2n) is 4.83. The molecule has 118 valence electrons. The van der Waals surface area contributed by atoms with Gasteiger partial charge in [0.25, 0.3) is 5.91 Å². The van der Waals surface area contributed by atoms with Crippen molar-refractivity contribution in [2.24, 2.45) is 0 Å². The van der Waals surface area contributed by atoms with Crippen LogP contribution in [0.2, 0.25) is 10.0 Å². The van der Waals surface area contributed by atoms with Crippen LogP contribution >= 0.6 is 35.6 Å². The van der Waals surface area contributed by atoms with E-state index in [-0.39, 0.29) is 24.4 Å². The van der Waals surface area contributed by atoms with Gasteiger partial charge in [-0.2, -0.15) is 0 Å². The summed E-state index contributed by atoms with van der Waals surface area (Å²) < 4.78 is 5.10. The molecule has 4 nitrogen and oxygen atoms in total. The molecule has 0 bridgehead atoms. The van der Waals surface area contributed by atoms with Gasteiger partial charge >= 0.3 is 0 Å². The molecular formula is C14H19Cl3N2O2. The predicted molar refractivity (Wildman–Crippen MR) is 88.2 cm³/mol. The Morgan fingerprint density at radius 3 is 2.57 bits per heavy atom. The zero-order chi connectivity index (χ0) is 14.7. The topological polar surface area (TPSA) is 41.6 Å². The molecule has 0 aromatic heterocycles. The van der Waals surface area contributed by atoms with E-state index in [0.717, 1.165) is 25.9 Å². The Morgan fingerprint density at radius 1 is 1.43 bits per heavy atom. The Labute approximate surface area is 141 Å². The number of carbonyl (C=O) groups is 1. The van der Waals surface area contributed by atoms with Gasteiger partial charge in [-0.05, 0) is 32.0 Å². The van der Waals surface area contributed by atoms with Crippen LogP contribution in [-0.4, -0.2) is 44.1 Å². The van der Waals surface area contributed by atoms with Crippen LogP contribution in [0, 0.1) is 0 Å². The average Bonchev–Trinajstić information content (AvgIpc) is 2.86. The second kappa shape index (κ2) is 8.08. The molecule has 1 aromatic rings. The highest BCUT2D eigenvalue weighted by Crippen LogP contribution is 2.34. The van der Waals surface area contributed by atoms with Gasteiger partial charge in [-0.3, -0.25) is 4.79 Å². The van der Waals surface area contributed by atoms with Crippen molar-refractivity contribution in [3.63, 3.8) is 0 Å². The lowest BCUT2D eigenvalue weighted by Crippen LogP contribution is -2.40. The number of ether oxygens (including phenoxy) is 1. The Hall–Kier alpha value is -0.680. The minimum atomic E-state index is -0.0331. The van der Waals surface area contributed by atoms with Gasteiger partial charge in [0.2, 0.25) is 0 Å². The van der Waals surface area contributed by atoms with Crippen LogP contribution in [0.25, 0.3) is 0 Å². The van der Waals surface area contributed by atoms with E-state index >= 15 is 0 Å². The molecule has 0 saturated carbocycles. The maximum Gasteiger partial charge on any atom is 0.254 e. The summed E-state index contributed by atoms with van der Waals surface area (Å²) in [6.45, 7) is 1.57. The molecule has 1 atom stereocenters. The van der Waals surface area contributed by atoms with Crippen molar-refractivity contribution < 1.29 is 9.53 Å². The maximum absolute atomic E-state index is 12.6. The highest BCUT2D eigenvalue weighted by Gasteiger charge is 2.29. The number of benzene rings is 1. The normalized spacial score (nSPS) is 17.5. The quantitative estimate of drug-likeness (QED) is 0.903. The van der Waals surface area contributed by atoms with Crippen LogP contribution in [-0.2, 0) is 0 Å². The zero-order valence-corrected chi connectivity index (χ0v) is 14.3. The molecule has 0 aliphatic carbocycles. The predicted octanol–water partition coefficient (Wildman–Crippen LogP) is 3.25. The first-order chi connectivity index (χ1) is 9.58. The Morgan fingerprint density at radius 2 is 2.05 bits per heavy atom. The molecule has 1 heterocycles. The van der Waals surface area contributed by atoms with E-state index in [1.807, 2.05) is 11.9 Å². The van der Waals surface area contributed by atoms with Crippen molar-refractivity contribution in [1.82, 2.24) is 10.2 Å². The average molecular weight is 354 g/mol. The van der Waals surface area contributed by atoms with Crippen molar-refractivity contribution in [2.45, 2.75) is 18.9 Å². The van der Waals surface area contributed by atoms with Crippen molar-refractivity contribution in [3.8, 4) is 5.75 Å². The lowest BCUT2D eigenvalue weighted by molar-refractivity contribution is 0.0737. The highest BCUT2D eigenvalue weighted by molar-refractivity contribution is 6.37. The number of rotatable bonds is 4. The molecule has 1 N–H and O–H groups in total. The minimum absolute atomic E-state index is 0. The number of methoxy groups -OCH3 is 1. The van der Waals surface area contributed by atoms with E-state index in [0.29, 0.717) is 21.4 Å². The van der Waals surface area contributed by atoms with E-state index in [4.69, 9.17) is 27.9 Å². The first-order valence-corrected chi connectivity index (χ1v) is 7.32. The lowest BCUT2D eigenvalue weighted by Gasteiger charge is -2.25. The second-order valence-corrected chi connectivity index (χ2v) is 5.64. The fourth-order valence-corrected chi connectivity index (χ4v) is 3.24. The molecule has 0 spiro atoms. The number of nitrogens with one attached hydrogen (secondary N) is 1. The number of halogens is 3. The van der Waals surface area contributed by atoms with Gasteiger partial charge in [0, 0.05) is 24.7 Å². The van der Waals surface area contributed by atoms with E-state index in [9.17, 15) is 4.79 Å². The van der Waals surface area contributed by atoms with Gasteiger partial charge in [-0.25, -0.2) is 0 Å². The molecule has 1 aliphatic rings. The summed E-state index contributed by atoms with van der Waals surface area (Å²) in [5.41, 5.74) is 0.504. The van der Waals surface area contributed by atoms with E-state index in [1.54, 1.807) is 12.1 Å². The maximum atomic E-state index is 12.6. The molecule has 1 amide bonds. The number of likely N-dealkylation sites (tertiary alicyclic amines) is 1. The highest BCUT2D eigenvalue weighted by atomic mass is 35.5. The molecule has 2 rings (SSSR count). The molecule has 7 heteroatoms. The Kier molecular flexibility index (Phi) is 7.07. The fraction of sp³-hybridized carbons (Fsp3) is 0.500. The van der Waals surface area contributed by atoms with Crippen LogP contribution in [0.1, 0.15) is 23.2 Å². The smallest absolute Gasteiger partial charge is 0.254 e. The molecule has 1 saturated heterocycles. The van der Waals surface area contributed by atoms with Crippen molar-refractivity contribution in [3.05, 3.63) is 27.7 Å². The zero-order valence-electron chi connectivity index (χ0n) is 12.0. The molecule has 1 fully saturated rings. The van der Waals surface area contributed by atoms with E-state index < -0.39 is 0 Å². The van der Waals surface area contributed by atoms with E-state index in [2.05, 4.69) is 5.32 Å². The molecule has 1 aromatic carbocycles. The largest absolute Gasteiger partial charge is 0.494 e. The summed E-state index contributed by atoms with van der Waals surface area (Å²) in [5, 5.41) is 3.83. The first-order valence-electron chi connectivity index (χ1n) is 6.57. The van der Waals surface area contributed by atoms with Gasteiger partial charge in [0.05, 0.1) is 17.2 Å². The summed E-state index contributed by atoms with van der Waals surface area (Å²) in [4.78, 5) is 14.5. The van der Waals surface area contributed by atoms with E-state index in [1.165, 1.54) is 7.11 Å². The number of hydrogen-bond donors (Lipinski definition) is 1. The summed E-state index contributed by atoms with van der Waals surface area (Å²) in [6.07, 6.45) is 2.04. The third-order valence-corrected chi connectivity index (χ3v) is 4.09. The number of amides is 1. The minimum Gasteiger partial charge on any atom is -0.494 e. The van der Waals surface area contributed by atoms with Gasteiger partial charge in [-0.1, -0.05) is 23.2 Å². The van der Waals surface area contributed by atoms with Crippen LogP contribution in [0.5, 0.6) is 5.75 Å². The Bertz CT molecular complexity index is 488. The molecule has 1 aliphatic heterocycles. The van der Waals surface area contributed by atoms with Crippen LogP contribution in [0.4, 0.5) is 0 Å². The van der Waals surface area contributed by atoms with Crippen LogP contribution in [0.15, 0.2) is 12.1 Å². The summed E-state index contributed by atoms with van der Waals surface area (Å²) in [6, 6.07) is 3.46. The number of hydrogen-bond acceptors (Lipinski definition) is 3. The lowest BCUT2D eigenvalue weighted by atomic mass is 10.1. The van der Waals surface area contributed by atoms with Gasteiger partial charge in [0.15, 0.2) is 5.75 Å². The van der Waals surface area contributed by atoms with Crippen molar-refractivity contribution in [2.75, 3.05) is 27.2 Å². The third kappa shape index (κ3) is 3.95. The fourth-order valence-electron chi connectivity index (χ4n) is 2.60. The summed E-state index contributed by atoms with van der Waals surface area (Å²) in [5.74, 6) is 0.368. The monoisotopic (exact) mass is 352 g/mol. The van der Waals surface area contributed by atoms with Crippen molar-refractivity contribution in [1.29, 1.82) is 0 Å². The third-order valence-electron chi connectivity index (χ3n) is 3.53. The Balaban J connectivity index is 0.00000220. The molecule has 0 radical (unpaired) electrons. The first kappa shape index (κ1) is 18.4. The SMILES string of the molecule is CNCC1CCCN1C(=O)c1cc(Cl)c(OC)c(Cl)c1.Cl. The standard InChI is InChI=1S/C14H18Cl2N2O2.ClH/c1-17-8-10-4-3-5-18(10)14(19)9-6-11(15)13(20-2)12(16)7-9;/h6-7,10,17H,3-5,8H2,1-2H3;1H. The van der Waals surface area contributed by atoms with Crippen molar-refractivity contribution >= 4 is 41.5 Å². The number of carbonyl (C=O) groups excluding carboxylic acids is 1.